The summed E-state index contributed by atoms with van der Waals surface area (Å²) in [7, 11) is 0. The van der Waals surface area contributed by atoms with E-state index >= 15 is 0 Å². The molecule has 1 heterocycles. The summed E-state index contributed by atoms with van der Waals surface area (Å²) < 4.78 is 1.91. The molecular formula is C9H10N3. The van der Waals surface area contributed by atoms with Gasteiger partial charge in [-0.2, -0.15) is 0 Å². The van der Waals surface area contributed by atoms with E-state index in [4.69, 9.17) is 0 Å². The van der Waals surface area contributed by atoms with Gasteiger partial charge in [0.05, 0.1) is 5.52 Å². The van der Waals surface area contributed by atoms with Crippen molar-refractivity contribution in [2.75, 3.05) is 0 Å². The number of aromatic nitrogens is 3. The molecule has 2 aromatic rings. The SMILES string of the molecule is CC(C)n1nnc2c[c]ccc21. The molecule has 1 aromatic carbocycles. The first-order valence-corrected chi connectivity index (χ1v) is 4.00. The third-order valence-electron chi connectivity index (χ3n) is 1.80. The van der Waals surface area contributed by atoms with Crippen LogP contribution in [0.2, 0.25) is 0 Å². The zero-order chi connectivity index (χ0) is 8.55. The Morgan fingerprint density at radius 1 is 1.50 bits per heavy atom. The van der Waals surface area contributed by atoms with Crippen molar-refractivity contribution in [2.45, 2.75) is 19.9 Å². The Bertz CT molecular complexity index is 389. The summed E-state index contributed by atoms with van der Waals surface area (Å²) in [6.07, 6.45) is 0. The van der Waals surface area contributed by atoms with Crippen molar-refractivity contribution >= 4 is 11.0 Å². The number of nitrogens with zero attached hydrogens (tertiary/aromatic N) is 3. The number of hydrogen-bond donors (Lipinski definition) is 0. The lowest BCUT2D eigenvalue weighted by molar-refractivity contribution is 0.530. The van der Waals surface area contributed by atoms with E-state index in [1.165, 1.54) is 0 Å². The number of benzene rings is 1. The Hall–Kier alpha value is -1.38. The molecular weight excluding hydrogens is 150 g/mol. The topological polar surface area (TPSA) is 30.7 Å². The minimum atomic E-state index is 0.359. The van der Waals surface area contributed by atoms with E-state index in [9.17, 15) is 0 Å². The minimum absolute atomic E-state index is 0.359. The van der Waals surface area contributed by atoms with Gasteiger partial charge in [0.25, 0.3) is 0 Å². The monoisotopic (exact) mass is 160 g/mol. The maximum absolute atomic E-state index is 4.04. The molecule has 1 aromatic heterocycles. The molecule has 61 valence electrons. The van der Waals surface area contributed by atoms with Crippen LogP contribution in [0, 0.1) is 6.07 Å². The molecule has 0 N–H and O–H groups in total. The first-order valence-electron chi connectivity index (χ1n) is 4.00. The third kappa shape index (κ3) is 0.978. The maximum atomic E-state index is 4.04. The molecule has 1 radical (unpaired) electrons. The molecule has 0 aliphatic rings. The van der Waals surface area contributed by atoms with Crippen LogP contribution in [0.25, 0.3) is 11.0 Å². The van der Waals surface area contributed by atoms with E-state index in [2.05, 4.69) is 30.2 Å². The van der Waals surface area contributed by atoms with Crippen molar-refractivity contribution in [3.8, 4) is 0 Å². The van der Waals surface area contributed by atoms with Gasteiger partial charge >= 0.3 is 0 Å². The van der Waals surface area contributed by atoms with Crippen LogP contribution < -0.4 is 0 Å². The van der Waals surface area contributed by atoms with Crippen LogP contribution in [-0.2, 0) is 0 Å². The van der Waals surface area contributed by atoms with Crippen molar-refractivity contribution in [3.63, 3.8) is 0 Å². The summed E-state index contributed by atoms with van der Waals surface area (Å²) in [5.41, 5.74) is 1.98. The third-order valence-corrected chi connectivity index (χ3v) is 1.80. The fourth-order valence-electron chi connectivity index (χ4n) is 1.21. The van der Waals surface area contributed by atoms with Crippen molar-refractivity contribution in [1.29, 1.82) is 0 Å². The van der Waals surface area contributed by atoms with Gasteiger partial charge in [-0.15, -0.1) is 5.10 Å². The van der Waals surface area contributed by atoms with E-state index in [0.29, 0.717) is 6.04 Å². The maximum Gasteiger partial charge on any atom is 0.113 e. The largest absolute Gasteiger partial charge is 0.242 e. The lowest BCUT2D eigenvalue weighted by Crippen LogP contribution is -2.02. The second-order valence-electron chi connectivity index (χ2n) is 3.04. The second kappa shape index (κ2) is 2.59. The van der Waals surface area contributed by atoms with Gasteiger partial charge in [-0.05, 0) is 32.0 Å². The number of rotatable bonds is 1. The summed E-state index contributed by atoms with van der Waals surface area (Å²) in [6, 6.07) is 9.04. The summed E-state index contributed by atoms with van der Waals surface area (Å²) in [5.74, 6) is 0. The van der Waals surface area contributed by atoms with Crippen LogP contribution in [0.4, 0.5) is 0 Å². The highest BCUT2D eigenvalue weighted by molar-refractivity contribution is 5.73. The Morgan fingerprint density at radius 2 is 2.33 bits per heavy atom. The Kier molecular flexibility index (Phi) is 1.57. The molecule has 0 fully saturated rings. The summed E-state index contributed by atoms with van der Waals surface area (Å²) in [6.45, 7) is 4.18. The number of fused-ring (bicyclic) bond motifs is 1. The van der Waals surface area contributed by atoms with Gasteiger partial charge in [0.15, 0.2) is 0 Å². The molecule has 12 heavy (non-hydrogen) atoms. The standard InChI is InChI=1S/C9H10N3/c1-7(2)12-9-6-4-3-5-8(9)10-11-12/h4-7H,1-2H3. The molecule has 3 nitrogen and oxygen atoms in total. The van der Waals surface area contributed by atoms with E-state index in [0.717, 1.165) is 11.0 Å². The van der Waals surface area contributed by atoms with E-state index in [-0.39, 0.29) is 0 Å². The van der Waals surface area contributed by atoms with Gasteiger partial charge in [-0.1, -0.05) is 11.3 Å². The van der Waals surface area contributed by atoms with Crippen LogP contribution in [0.3, 0.4) is 0 Å². The van der Waals surface area contributed by atoms with Crippen LogP contribution in [0.1, 0.15) is 19.9 Å². The van der Waals surface area contributed by atoms with Crippen LogP contribution in [-0.4, -0.2) is 15.0 Å². The van der Waals surface area contributed by atoms with E-state index < -0.39 is 0 Å². The van der Waals surface area contributed by atoms with Gasteiger partial charge in [0, 0.05) is 6.04 Å². The zero-order valence-corrected chi connectivity index (χ0v) is 7.15. The zero-order valence-electron chi connectivity index (χ0n) is 7.15. The molecule has 0 saturated carbocycles. The molecule has 0 amide bonds. The highest BCUT2D eigenvalue weighted by Gasteiger charge is 2.04. The molecule has 0 atom stereocenters. The van der Waals surface area contributed by atoms with Crippen molar-refractivity contribution in [3.05, 3.63) is 24.3 Å². The summed E-state index contributed by atoms with van der Waals surface area (Å²) in [4.78, 5) is 0. The average Bonchev–Trinajstić information content (AvgIpc) is 2.47. The highest BCUT2D eigenvalue weighted by Crippen LogP contribution is 2.13. The molecule has 0 unspecified atom stereocenters. The molecule has 0 aliphatic carbocycles. The van der Waals surface area contributed by atoms with Gasteiger partial charge < -0.3 is 0 Å². The smallest absolute Gasteiger partial charge is 0.113 e. The van der Waals surface area contributed by atoms with Crippen LogP contribution in [0.5, 0.6) is 0 Å². The molecule has 3 heteroatoms. The second-order valence-corrected chi connectivity index (χ2v) is 3.04. The first-order chi connectivity index (χ1) is 5.79. The minimum Gasteiger partial charge on any atom is -0.242 e. The lowest BCUT2D eigenvalue weighted by Gasteiger charge is -2.03. The van der Waals surface area contributed by atoms with Gasteiger partial charge in [-0.3, -0.25) is 0 Å². The number of hydrogen-bond acceptors (Lipinski definition) is 2. The van der Waals surface area contributed by atoms with Crippen LogP contribution in [0.15, 0.2) is 18.2 Å². The predicted octanol–water partition coefficient (Wildman–Crippen LogP) is 1.81. The molecule has 0 spiro atoms. The highest BCUT2D eigenvalue weighted by atomic mass is 15.4. The van der Waals surface area contributed by atoms with Gasteiger partial charge in [0.2, 0.25) is 0 Å². The summed E-state index contributed by atoms with van der Waals surface area (Å²) >= 11 is 0. The quantitative estimate of drug-likeness (QED) is 0.637. The Labute approximate surface area is 71.0 Å². The van der Waals surface area contributed by atoms with Gasteiger partial charge in [-0.25, -0.2) is 4.68 Å². The summed E-state index contributed by atoms with van der Waals surface area (Å²) in [5, 5.41) is 8.06. The molecule has 0 bridgehead atoms. The fourth-order valence-corrected chi connectivity index (χ4v) is 1.21. The predicted molar refractivity (Wildman–Crippen MR) is 46.7 cm³/mol. The Balaban J connectivity index is 2.70. The van der Waals surface area contributed by atoms with E-state index in [1.807, 2.05) is 22.9 Å². The Morgan fingerprint density at radius 3 is 3.08 bits per heavy atom. The first kappa shape index (κ1) is 7.28. The normalized spacial score (nSPS) is 11.2. The lowest BCUT2D eigenvalue weighted by atomic mass is 10.3. The van der Waals surface area contributed by atoms with Crippen molar-refractivity contribution in [1.82, 2.24) is 15.0 Å². The molecule has 0 aliphatic heterocycles. The van der Waals surface area contributed by atoms with Crippen molar-refractivity contribution < 1.29 is 0 Å². The van der Waals surface area contributed by atoms with Gasteiger partial charge in [0.1, 0.15) is 5.52 Å². The van der Waals surface area contributed by atoms with E-state index in [1.54, 1.807) is 0 Å². The fraction of sp³-hybridized carbons (Fsp3) is 0.333. The average molecular weight is 160 g/mol. The van der Waals surface area contributed by atoms with Crippen molar-refractivity contribution in [2.24, 2.45) is 0 Å². The molecule has 2 rings (SSSR count). The van der Waals surface area contributed by atoms with Crippen LogP contribution >= 0.6 is 0 Å². The molecule has 0 saturated heterocycles.